The Hall–Kier alpha value is -5.05. The van der Waals surface area contributed by atoms with E-state index in [1.807, 2.05) is 48.8 Å². The molecule has 2 amide bonds. The maximum absolute atomic E-state index is 13.5. The second-order valence-electron chi connectivity index (χ2n) is 12.5. The molecule has 2 aromatic carbocycles. The maximum Gasteiger partial charge on any atom is 0.324 e. The summed E-state index contributed by atoms with van der Waals surface area (Å²) in [6.07, 6.45) is 6.69. The molecule has 11 nitrogen and oxygen atoms in total. The molecule has 236 valence electrons. The summed E-state index contributed by atoms with van der Waals surface area (Å²) in [6, 6.07) is 19.9. The molecule has 0 atom stereocenters. The van der Waals surface area contributed by atoms with Crippen molar-refractivity contribution in [2.24, 2.45) is 0 Å². The maximum atomic E-state index is 13.5. The van der Waals surface area contributed by atoms with Crippen molar-refractivity contribution in [3.05, 3.63) is 84.6 Å². The Morgan fingerprint density at radius 1 is 1.02 bits per heavy atom. The number of carbonyl (C=O) groups excluding carboxylic acids is 1. The van der Waals surface area contributed by atoms with Gasteiger partial charge in [0.15, 0.2) is 0 Å². The van der Waals surface area contributed by atoms with Crippen LogP contribution in [0.2, 0.25) is 0 Å². The highest BCUT2D eigenvalue weighted by Crippen LogP contribution is 2.33. The average molecular weight is 618 g/mol. The molecular weight excluding hydrogens is 578 g/mol. The third-order valence-electron chi connectivity index (χ3n) is 8.06. The largest absolute Gasteiger partial charge is 0.379 e. The predicted molar refractivity (Wildman–Crippen MR) is 179 cm³/mol. The number of pyridine rings is 1. The number of benzene rings is 2. The quantitative estimate of drug-likeness (QED) is 0.184. The summed E-state index contributed by atoms with van der Waals surface area (Å²) >= 11 is 0. The molecule has 5 aromatic rings. The van der Waals surface area contributed by atoms with Gasteiger partial charge in [0.1, 0.15) is 11.5 Å². The summed E-state index contributed by atoms with van der Waals surface area (Å²) in [5.41, 5.74) is 5.12. The van der Waals surface area contributed by atoms with Gasteiger partial charge in [0.05, 0.1) is 48.8 Å². The Balaban J connectivity index is 1.21. The highest BCUT2D eigenvalue weighted by molar-refractivity contribution is 6.09. The molecule has 6 rings (SSSR count). The van der Waals surface area contributed by atoms with Gasteiger partial charge in [-0.1, -0.05) is 57.2 Å². The van der Waals surface area contributed by atoms with E-state index in [9.17, 15) is 4.79 Å². The minimum absolute atomic E-state index is 0.234. The Labute approximate surface area is 268 Å². The second kappa shape index (κ2) is 13.5. The molecule has 0 bridgehead atoms. The van der Waals surface area contributed by atoms with Crippen LogP contribution in [-0.4, -0.2) is 61.8 Å². The topological polar surface area (TPSA) is 126 Å². The van der Waals surface area contributed by atoms with Gasteiger partial charge in [-0.05, 0) is 29.5 Å². The Morgan fingerprint density at radius 2 is 1.83 bits per heavy atom. The monoisotopic (exact) mass is 617 g/mol. The van der Waals surface area contributed by atoms with Crippen molar-refractivity contribution in [3.63, 3.8) is 0 Å². The van der Waals surface area contributed by atoms with Crippen LogP contribution >= 0.6 is 0 Å². The van der Waals surface area contributed by atoms with Crippen molar-refractivity contribution in [3.8, 4) is 22.9 Å². The second-order valence-corrected chi connectivity index (χ2v) is 12.5. The number of amides is 2. The van der Waals surface area contributed by atoms with Gasteiger partial charge in [-0.15, -0.1) is 0 Å². The molecule has 0 radical (unpaired) electrons. The molecule has 3 aromatic heterocycles. The smallest absolute Gasteiger partial charge is 0.324 e. The van der Waals surface area contributed by atoms with E-state index in [4.69, 9.17) is 20.1 Å². The summed E-state index contributed by atoms with van der Waals surface area (Å²) in [5.74, 6) is 0.531. The first-order valence-corrected chi connectivity index (χ1v) is 15.6. The first-order valence-electron chi connectivity index (χ1n) is 15.6. The van der Waals surface area contributed by atoms with E-state index < -0.39 is 0 Å². The molecule has 4 heterocycles. The molecule has 46 heavy (non-hydrogen) atoms. The number of fused-ring (bicyclic) bond motifs is 1. The summed E-state index contributed by atoms with van der Waals surface area (Å²) < 4.78 is 8.95. The molecule has 11 heteroatoms. The Morgan fingerprint density at radius 3 is 2.57 bits per heavy atom. The van der Waals surface area contributed by atoms with Crippen LogP contribution in [0.1, 0.15) is 45.0 Å². The van der Waals surface area contributed by atoms with Gasteiger partial charge in [0.25, 0.3) is 0 Å². The highest BCUT2D eigenvalue weighted by Gasteiger charge is 2.22. The van der Waals surface area contributed by atoms with Crippen molar-refractivity contribution in [1.29, 1.82) is 5.26 Å². The predicted octanol–water partition coefficient (Wildman–Crippen LogP) is 6.36. The van der Waals surface area contributed by atoms with E-state index in [0.29, 0.717) is 30.9 Å². The standard InChI is InChI=1S/C35H39N9O2/c1-35(2,3)32-20-33(44(41-32)27-22-38-43(24-27)15-7-6-14-36)40-34(45)39-31-13-12-28(29-8-4-5-9-30(29)31)25-10-11-26(37-21-25)23-42-16-18-46-19-17-42/h4-5,8-13,20-22,24H,6-7,15-19,23H2,1-3H3,(H2,39,40,45). The number of urea groups is 1. The number of ether oxygens (including phenoxy) is 1. The molecule has 0 aliphatic carbocycles. The fraction of sp³-hybridized carbons (Fsp3) is 0.343. The van der Waals surface area contributed by atoms with Crippen molar-refractivity contribution in [1.82, 2.24) is 29.4 Å². The minimum atomic E-state index is -0.380. The molecule has 2 N–H and O–H groups in total. The number of aromatic nitrogens is 5. The number of nitrogens with one attached hydrogen (secondary N) is 2. The Kier molecular flexibility index (Phi) is 9.10. The lowest BCUT2D eigenvalue weighted by molar-refractivity contribution is 0.0336. The molecule has 0 spiro atoms. The fourth-order valence-corrected chi connectivity index (χ4v) is 5.53. The Bertz CT molecular complexity index is 1860. The van der Waals surface area contributed by atoms with E-state index >= 15 is 0 Å². The number of hydrogen-bond donors (Lipinski definition) is 2. The molecule has 1 saturated heterocycles. The fourth-order valence-electron chi connectivity index (χ4n) is 5.53. The van der Waals surface area contributed by atoms with Crippen LogP contribution in [0.5, 0.6) is 0 Å². The lowest BCUT2D eigenvalue weighted by Gasteiger charge is -2.26. The number of anilines is 2. The van der Waals surface area contributed by atoms with E-state index in [0.717, 1.165) is 71.8 Å². The van der Waals surface area contributed by atoms with Crippen LogP contribution in [0.4, 0.5) is 16.3 Å². The number of unbranched alkanes of at least 4 members (excludes halogenated alkanes) is 1. The van der Waals surface area contributed by atoms with Crippen molar-refractivity contribution >= 4 is 28.3 Å². The lowest BCUT2D eigenvalue weighted by atomic mass is 9.92. The third kappa shape index (κ3) is 7.09. The normalized spacial score (nSPS) is 13.9. The van der Waals surface area contributed by atoms with Crippen LogP contribution in [0.3, 0.4) is 0 Å². The molecule has 0 unspecified atom stereocenters. The zero-order valence-corrected chi connectivity index (χ0v) is 26.5. The first kappa shape index (κ1) is 31.0. The third-order valence-corrected chi connectivity index (χ3v) is 8.06. The van der Waals surface area contributed by atoms with Gasteiger partial charge in [-0.25, -0.2) is 9.48 Å². The zero-order chi connectivity index (χ0) is 32.1. The van der Waals surface area contributed by atoms with E-state index in [1.54, 1.807) is 15.6 Å². The van der Waals surface area contributed by atoms with E-state index in [-0.39, 0.29) is 11.4 Å². The summed E-state index contributed by atoms with van der Waals surface area (Å²) in [5, 5.41) is 26.1. The zero-order valence-electron chi connectivity index (χ0n) is 26.5. The molecule has 1 fully saturated rings. The summed E-state index contributed by atoms with van der Waals surface area (Å²) in [7, 11) is 0. The highest BCUT2D eigenvalue weighted by atomic mass is 16.5. The van der Waals surface area contributed by atoms with Crippen LogP contribution in [0, 0.1) is 11.3 Å². The van der Waals surface area contributed by atoms with Crippen LogP contribution in [0.15, 0.2) is 73.2 Å². The van der Waals surface area contributed by atoms with Crippen molar-refractivity contribution < 1.29 is 9.53 Å². The molecular formula is C35H39N9O2. The average Bonchev–Trinajstić information content (AvgIpc) is 3.70. The number of aryl methyl sites for hydroxylation is 1. The first-order chi connectivity index (χ1) is 22.3. The van der Waals surface area contributed by atoms with Gasteiger partial charge in [-0.3, -0.25) is 19.9 Å². The molecule has 1 aliphatic rings. The number of morpholine rings is 1. The minimum Gasteiger partial charge on any atom is -0.379 e. The number of nitriles is 1. The number of hydrogen-bond acceptors (Lipinski definition) is 7. The number of nitrogens with zero attached hydrogens (tertiary/aromatic N) is 7. The van der Waals surface area contributed by atoms with Crippen molar-refractivity contribution in [2.75, 3.05) is 36.9 Å². The van der Waals surface area contributed by atoms with Gasteiger partial charge in [-0.2, -0.15) is 15.5 Å². The number of carbonyl (C=O) groups is 1. The van der Waals surface area contributed by atoms with Gasteiger partial charge in [0, 0.05) is 61.2 Å². The van der Waals surface area contributed by atoms with Crippen molar-refractivity contribution in [2.45, 2.75) is 52.1 Å². The van der Waals surface area contributed by atoms with Gasteiger partial charge in [0.2, 0.25) is 0 Å². The van der Waals surface area contributed by atoms with Gasteiger partial charge < -0.3 is 10.1 Å². The van der Waals surface area contributed by atoms with E-state index in [2.05, 4.69) is 65.7 Å². The SMILES string of the molecule is CC(C)(C)c1cc(NC(=O)Nc2ccc(-c3ccc(CN4CCOCC4)nc3)c3ccccc23)n(-c2cnn(CCCC#N)c2)n1. The summed E-state index contributed by atoms with van der Waals surface area (Å²) in [6.45, 7) is 11.0. The molecule has 0 saturated carbocycles. The lowest BCUT2D eigenvalue weighted by Crippen LogP contribution is -2.35. The van der Waals surface area contributed by atoms with Crippen LogP contribution in [0.25, 0.3) is 27.6 Å². The van der Waals surface area contributed by atoms with E-state index in [1.165, 1.54) is 0 Å². The summed E-state index contributed by atoms with van der Waals surface area (Å²) in [4.78, 5) is 20.6. The van der Waals surface area contributed by atoms with Crippen LogP contribution < -0.4 is 10.6 Å². The molecule has 1 aliphatic heterocycles. The number of rotatable bonds is 9. The van der Waals surface area contributed by atoms with Gasteiger partial charge >= 0.3 is 6.03 Å². The van der Waals surface area contributed by atoms with Crippen LogP contribution in [-0.2, 0) is 23.2 Å².